The van der Waals surface area contributed by atoms with E-state index in [1.165, 1.54) is 18.2 Å². The monoisotopic (exact) mass is 281 g/mol. The van der Waals surface area contributed by atoms with Crippen molar-refractivity contribution in [3.63, 3.8) is 0 Å². The number of rotatable bonds is 8. The van der Waals surface area contributed by atoms with Crippen LogP contribution < -0.4 is 4.74 Å². The van der Waals surface area contributed by atoms with Gasteiger partial charge in [0, 0.05) is 12.5 Å². The van der Waals surface area contributed by atoms with Crippen molar-refractivity contribution in [1.29, 1.82) is 0 Å². The van der Waals surface area contributed by atoms with Gasteiger partial charge in [-0.15, -0.1) is 0 Å². The first-order valence-corrected chi connectivity index (χ1v) is 6.10. The van der Waals surface area contributed by atoms with Gasteiger partial charge in [-0.2, -0.15) is 0 Å². The van der Waals surface area contributed by atoms with Crippen LogP contribution in [0.5, 0.6) is 5.75 Å². The third-order valence-electron chi connectivity index (χ3n) is 2.42. The van der Waals surface area contributed by atoms with Gasteiger partial charge in [-0.1, -0.05) is 0 Å². The second-order valence-corrected chi connectivity index (χ2v) is 3.85. The van der Waals surface area contributed by atoms with Crippen molar-refractivity contribution in [1.82, 2.24) is 0 Å². The number of nitro benzene ring substituents is 1. The minimum atomic E-state index is -0.631. The Labute approximate surface area is 115 Å². The standard InChI is InChI=1S/C13H15NO6/c1-2-19-13(16)4-3-7-20-11-5-6-12(14(17)18)10(8-11)9-15/h5-6,8-9H,2-4,7H2,1H3. The average molecular weight is 281 g/mol. The normalized spacial score (nSPS) is 9.85. The summed E-state index contributed by atoms with van der Waals surface area (Å²) in [4.78, 5) is 31.8. The van der Waals surface area contributed by atoms with Crippen molar-refractivity contribution in [3.8, 4) is 5.75 Å². The highest BCUT2D eigenvalue weighted by molar-refractivity contribution is 5.82. The van der Waals surface area contributed by atoms with Crippen LogP contribution in [0.25, 0.3) is 0 Å². The fourth-order valence-corrected chi connectivity index (χ4v) is 1.52. The second-order valence-electron chi connectivity index (χ2n) is 3.85. The highest BCUT2D eigenvalue weighted by Crippen LogP contribution is 2.22. The molecule has 1 rings (SSSR count). The van der Waals surface area contributed by atoms with E-state index in [2.05, 4.69) is 0 Å². The van der Waals surface area contributed by atoms with Crippen molar-refractivity contribution in [3.05, 3.63) is 33.9 Å². The molecule has 7 nitrogen and oxygen atoms in total. The lowest BCUT2D eigenvalue weighted by molar-refractivity contribution is -0.385. The molecule has 108 valence electrons. The Hall–Kier alpha value is -2.44. The number of carbonyl (C=O) groups excluding carboxylic acids is 2. The molecule has 0 saturated carbocycles. The SMILES string of the molecule is CCOC(=O)CCCOc1ccc([N+](=O)[O-])c(C=O)c1. The van der Waals surface area contributed by atoms with Crippen LogP contribution in [0, 0.1) is 10.1 Å². The zero-order valence-electron chi connectivity index (χ0n) is 11.0. The van der Waals surface area contributed by atoms with Crippen LogP contribution in [-0.2, 0) is 9.53 Å². The zero-order valence-corrected chi connectivity index (χ0v) is 11.0. The summed E-state index contributed by atoms with van der Waals surface area (Å²) in [5.41, 5.74) is -0.309. The number of benzene rings is 1. The molecule has 1 aromatic carbocycles. The molecule has 20 heavy (non-hydrogen) atoms. The van der Waals surface area contributed by atoms with Crippen molar-refractivity contribution < 1.29 is 24.0 Å². The van der Waals surface area contributed by atoms with Gasteiger partial charge < -0.3 is 9.47 Å². The van der Waals surface area contributed by atoms with Crippen molar-refractivity contribution in [2.75, 3.05) is 13.2 Å². The largest absolute Gasteiger partial charge is 0.494 e. The van der Waals surface area contributed by atoms with Crippen molar-refractivity contribution >= 4 is 17.9 Å². The average Bonchev–Trinajstić information content (AvgIpc) is 2.43. The first-order valence-electron chi connectivity index (χ1n) is 6.10. The number of hydrogen-bond acceptors (Lipinski definition) is 6. The maximum atomic E-state index is 11.1. The molecule has 0 bridgehead atoms. The Balaban J connectivity index is 2.51. The Kier molecular flexibility index (Phi) is 6.15. The highest BCUT2D eigenvalue weighted by atomic mass is 16.6. The van der Waals surface area contributed by atoms with E-state index in [1.807, 2.05) is 0 Å². The molecule has 0 aromatic heterocycles. The molecule has 0 aliphatic carbocycles. The quantitative estimate of drug-likeness (QED) is 0.238. The van der Waals surface area contributed by atoms with E-state index in [4.69, 9.17) is 9.47 Å². The van der Waals surface area contributed by atoms with E-state index < -0.39 is 4.92 Å². The molecular weight excluding hydrogens is 266 g/mol. The van der Waals surface area contributed by atoms with Gasteiger partial charge in [0.1, 0.15) is 5.75 Å². The predicted molar refractivity (Wildman–Crippen MR) is 69.8 cm³/mol. The molecule has 0 aliphatic rings. The zero-order chi connectivity index (χ0) is 15.0. The molecule has 0 heterocycles. The van der Waals surface area contributed by atoms with Crippen LogP contribution in [-0.4, -0.2) is 30.4 Å². The summed E-state index contributed by atoms with van der Waals surface area (Å²) in [6.45, 7) is 2.33. The summed E-state index contributed by atoms with van der Waals surface area (Å²) in [5, 5.41) is 10.6. The number of nitro groups is 1. The maximum Gasteiger partial charge on any atom is 0.305 e. The van der Waals surface area contributed by atoms with E-state index in [9.17, 15) is 19.7 Å². The number of aldehydes is 1. The first kappa shape index (κ1) is 15.6. The molecule has 0 amide bonds. The lowest BCUT2D eigenvalue weighted by atomic mass is 10.2. The fourth-order valence-electron chi connectivity index (χ4n) is 1.52. The van der Waals surface area contributed by atoms with Gasteiger partial charge in [-0.05, 0) is 25.5 Å². The van der Waals surface area contributed by atoms with Crippen molar-refractivity contribution in [2.24, 2.45) is 0 Å². The lowest BCUT2D eigenvalue weighted by Crippen LogP contribution is -2.07. The van der Waals surface area contributed by atoms with Gasteiger partial charge in [-0.3, -0.25) is 19.7 Å². The topological polar surface area (TPSA) is 95.7 Å². The summed E-state index contributed by atoms with van der Waals surface area (Å²) < 4.78 is 10.1. The van der Waals surface area contributed by atoms with Gasteiger partial charge >= 0.3 is 5.97 Å². The van der Waals surface area contributed by atoms with E-state index in [-0.39, 0.29) is 30.2 Å². The number of ether oxygens (including phenoxy) is 2. The molecule has 1 aromatic rings. The molecule has 0 radical (unpaired) electrons. The molecule has 0 N–H and O–H groups in total. The molecule has 0 spiro atoms. The van der Waals surface area contributed by atoms with Crippen LogP contribution in [0.3, 0.4) is 0 Å². The van der Waals surface area contributed by atoms with Crippen LogP contribution in [0.2, 0.25) is 0 Å². The van der Waals surface area contributed by atoms with Crippen LogP contribution in [0.15, 0.2) is 18.2 Å². The summed E-state index contributed by atoms with van der Waals surface area (Å²) in [6, 6.07) is 3.93. The van der Waals surface area contributed by atoms with Crippen molar-refractivity contribution in [2.45, 2.75) is 19.8 Å². The summed E-state index contributed by atoms with van der Waals surface area (Å²) >= 11 is 0. The predicted octanol–water partition coefficient (Wildman–Crippen LogP) is 2.13. The summed E-state index contributed by atoms with van der Waals surface area (Å²) in [7, 11) is 0. The van der Waals surface area contributed by atoms with Gasteiger partial charge in [0.2, 0.25) is 0 Å². The number of hydrogen-bond donors (Lipinski definition) is 0. The van der Waals surface area contributed by atoms with Crippen LogP contribution in [0.4, 0.5) is 5.69 Å². The van der Waals surface area contributed by atoms with E-state index in [1.54, 1.807) is 6.92 Å². The molecule has 0 aliphatic heterocycles. The van der Waals surface area contributed by atoms with E-state index >= 15 is 0 Å². The Morgan fingerprint density at radius 1 is 1.45 bits per heavy atom. The summed E-state index contributed by atoms with van der Waals surface area (Å²) in [5.74, 6) is 0.0509. The van der Waals surface area contributed by atoms with E-state index in [0.29, 0.717) is 25.1 Å². The molecule has 0 atom stereocenters. The van der Waals surface area contributed by atoms with Gasteiger partial charge in [0.05, 0.1) is 23.7 Å². The Morgan fingerprint density at radius 2 is 2.20 bits per heavy atom. The second kappa shape index (κ2) is 7.88. The van der Waals surface area contributed by atoms with E-state index in [0.717, 1.165) is 0 Å². The lowest BCUT2D eigenvalue weighted by Gasteiger charge is -2.06. The first-order chi connectivity index (χ1) is 9.58. The van der Waals surface area contributed by atoms with Gasteiger partial charge in [0.15, 0.2) is 6.29 Å². The Bertz CT molecular complexity index is 500. The molecular formula is C13H15NO6. The van der Waals surface area contributed by atoms with Gasteiger partial charge in [0.25, 0.3) is 5.69 Å². The third-order valence-corrected chi connectivity index (χ3v) is 2.42. The number of esters is 1. The molecule has 0 saturated heterocycles. The van der Waals surface area contributed by atoms with Crippen LogP contribution >= 0.6 is 0 Å². The minimum absolute atomic E-state index is 0.0436. The minimum Gasteiger partial charge on any atom is -0.494 e. The smallest absolute Gasteiger partial charge is 0.305 e. The third kappa shape index (κ3) is 4.68. The van der Waals surface area contributed by atoms with Gasteiger partial charge in [-0.25, -0.2) is 0 Å². The molecule has 7 heteroatoms. The molecule has 0 unspecified atom stereocenters. The number of nitrogens with zero attached hydrogens (tertiary/aromatic N) is 1. The molecule has 0 fully saturated rings. The number of carbonyl (C=O) groups is 2. The highest BCUT2D eigenvalue weighted by Gasteiger charge is 2.13. The Morgan fingerprint density at radius 3 is 2.80 bits per heavy atom. The fraction of sp³-hybridized carbons (Fsp3) is 0.385. The summed E-state index contributed by atoms with van der Waals surface area (Å²) in [6.07, 6.45) is 1.11. The van der Waals surface area contributed by atoms with Crippen LogP contribution in [0.1, 0.15) is 30.1 Å². The maximum absolute atomic E-state index is 11.1.